The number of allylic oxidation sites excluding steroid dienone is 1. The van der Waals surface area contributed by atoms with Crippen molar-refractivity contribution in [1.82, 2.24) is 0 Å². The third kappa shape index (κ3) is 3.45. The van der Waals surface area contributed by atoms with Gasteiger partial charge in [-0.15, -0.1) is 0 Å². The summed E-state index contributed by atoms with van der Waals surface area (Å²) < 4.78 is 0. The first-order chi connectivity index (χ1) is 9.20. The number of rotatable bonds is 2. The van der Waals surface area contributed by atoms with E-state index in [9.17, 15) is 10.1 Å². The first-order valence-electron chi connectivity index (χ1n) is 6.71. The third-order valence-electron chi connectivity index (χ3n) is 3.43. The molecule has 1 aliphatic rings. The van der Waals surface area contributed by atoms with E-state index < -0.39 is 0 Å². The largest absolute Gasteiger partial charge is 0.321 e. The van der Waals surface area contributed by atoms with Crippen molar-refractivity contribution < 1.29 is 4.79 Å². The Balaban J connectivity index is 2.16. The van der Waals surface area contributed by atoms with Gasteiger partial charge in [0, 0.05) is 5.69 Å². The second kappa shape index (κ2) is 6.19. The molecule has 98 valence electrons. The van der Waals surface area contributed by atoms with Gasteiger partial charge in [0.25, 0.3) is 5.91 Å². The van der Waals surface area contributed by atoms with Crippen LogP contribution >= 0.6 is 0 Å². The Labute approximate surface area is 113 Å². The van der Waals surface area contributed by atoms with Crippen molar-refractivity contribution in [2.45, 2.75) is 39.0 Å². The number of nitriles is 1. The first kappa shape index (κ1) is 13.4. The molecule has 0 aliphatic heterocycles. The van der Waals surface area contributed by atoms with Gasteiger partial charge in [-0.25, -0.2) is 0 Å². The van der Waals surface area contributed by atoms with Crippen molar-refractivity contribution >= 4 is 11.6 Å². The highest BCUT2D eigenvalue weighted by Gasteiger charge is 2.17. The molecule has 3 heteroatoms. The number of nitrogens with one attached hydrogen (secondary N) is 1. The average Bonchev–Trinajstić information content (AvgIpc) is 2.41. The number of amides is 1. The second-order valence-electron chi connectivity index (χ2n) is 4.97. The lowest BCUT2D eigenvalue weighted by Crippen LogP contribution is -2.16. The number of carbonyl (C=O) groups is 1. The maximum Gasteiger partial charge on any atom is 0.266 e. The maximum atomic E-state index is 12.2. The molecule has 1 aliphatic carbocycles. The quantitative estimate of drug-likeness (QED) is 0.646. The highest BCUT2D eigenvalue weighted by molar-refractivity contribution is 6.07. The lowest BCUT2D eigenvalue weighted by molar-refractivity contribution is -0.112. The predicted octanol–water partition coefficient (Wildman–Crippen LogP) is 3.72. The van der Waals surface area contributed by atoms with Gasteiger partial charge in [-0.05, 0) is 55.9 Å². The van der Waals surface area contributed by atoms with E-state index in [1.165, 1.54) is 6.42 Å². The number of hydrogen-bond acceptors (Lipinski definition) is 2. The minimum absolute atomic E-state index is 0.273. The topological polar surface area (TPSA) is 52.9 Å². The van der Waals surface area contributed by atoms with Crippen LogP contribution in [-0.2, 0) is 4.79 Å². The lowest BCUT2D eigenvalue weighted by Gasteiger charge is -2.15. The van der Waals surface area contributed by atoms with E-state index in [2.05, 4.69) is 11.4 Å². The van der Waals surface area contributed by atoms with Gasteiger partial charge < -0.3 is 5.32 Å². The molecule has 1 amide bonds. The summed E-state index contributed by atoms with van der Waals surface area (Å²) >= 11 is 0. The molecule has 0 saturated heterocycles. The Morgan fingerprint density at radius 3 is 2.63 bits per heavy atom. The summed E-state index contributed by atoms with van der Waals surface area (Å²) in [6.07, 6.45) is 5.12. The third-order valence-corrected chi connectivity index (χ3v) is 3.43. The van der Waals surface area contributed by atoms with E-state index in [4.69, 9.17) is 0 Å². The fraction of sp³-hybridized carbons (Fsp3) is 0.375. The number of anilines is 1. The maximum absolute atomic E-state index is 12.2. The molecule has 1 fully saturated rings. The zero-order valence-corrected chi connectivity index (χ0v) is 11.2. The molecule has 0 atom stereocenters. The van der Waals surface area contributed by atoms with Crippen LogP contribution in [0.2, 0.25) is 0 Å². The summed E-state index contributed by atoms with van der Waals surface area (Å²) in [7, 11) is 0. The molecular weight excluding hydrogens is 236 g/mol. The zero-order valence-electron chi connectivity index (χ0n) is 11.2. The Kier molecular flexibility index (Phi) is 4.35. The molecule has 0 radical (unpaired) electrons. The van der Waals surface area contributed by atoms with Crippen LogP contribution in [0, 0.1) is 18.3 Å². The molecular formula is C16H18N2O. The zero-order chi connectivity index (χ0) is 13.7. The van der Waals surface area contributed by atoms with Crippen LogP contribution in [0.15, 0.2) is 35.4 Å². The number of benzene rings is 1. The Hall–Kier alpha value is -2.08. The van der Waals surface area contributed by atoms with Gasteiger partial charge in [0.05, 0.1) is 0 Å². The average molecular weight is 254 g/mol. The Morgan fingerprint density at radius 2 is 2.00 bits per heavy atom. The van der Waals surface area contributed by atoms with Gasteiger partial charge >= 0.3 is 0 Å². The fourth-order valence-corrected chi connectivity index (χ4v) is 2.44. The van der Waals surface area contributed by atoms with Gasteiger partial charge in [-0.3, -0.25) is 4.79 Å². The van der Waals surface area contributed by atoms with Crippen LogP contribution in [0.1, 0.15) is 37.7 Å². The van der Waals surface area contributed by atoms with E-state index in [-0.39, 0.29) is 5.91 Å². The van der Waals surface area contributed by atoms with E-state index in [1.54, 1.807) is 0 Å². The molecule has 1 saturated carbocycles. The molecule has 0 bridgehead atoms. The predicted molar refractivity (Wildman–Crippen MR) is 75.5 cm³/mol. The summed E-state index contributed by atoms with van der Waals surface area (Å²) in [6, 6.07) is 9.68. The van der Waals surface area contributed by atoms with Crippen LogP contribution < -0.4 is 5.32 Å². The van der Waals surface area contributed by atoms with Gasteiger partial charge in [0.2, 0.25) is 0 Å². The van der Waals surface area contributed by atoms with E-state index in [0.717, 1.165) is 42.5 Å². The molecule has 0 spiro atoms. The van der Waals surface area contributed by atoms with Gasteiger partial charge in [0.15, 0.2) is 0 Å². The number of carbonyl (C=O) groups excluding carboxylic acids is 1. The minimum Gasteiger partial charge on any atom is -0.321 e. The number of nitrogens with zero attached hydrogens (tertiary/aromatic N) is 1. The number of aryl methyl sites for hydroxylation is 1. The van der Waals surface area contributed by atoms with E-state index >= 15 is 0 Å². The highest BCUT2D eigenvalue weighted by Crippen LogP contribution is 2.26. The van der Waals surface area contributed by atoms with Crippen molar-refractivity contribution in [1.29, 1.82) is 5.26 Å². The van der Waals surface area contributed by atoms with Crippen LogP contribution in [-0.4, -0.2) is 5.91 Å². The van der Waals surface area contributed by atoms with Gasteiger partial charge in [-0.1, -0.05) is 18.6 Å². The SMILES string of the molecule is Cc1cccc(NC(=O)C(C#N)=C2CCCCC2)c1. The molecule has 1 aromatic carbocycles. The Bertz CT molecular complexity index is 544. The van der Waals surface area contributed by atoms with E-state index in [1.807, 2.05) is 31.2 Å². The standard InChI is InChI=1S/C16H18N2O/c1-12-6-5-9-14(10-12)18-16(19)15(11-17)13-7-3-2-4-8-13/h5-6,9-10H,2-4,7-8H2,1H3,(H,18,19). The summed E-state index contributed by atoms with van der Waals surface area (Å²) in [5.74, 6) is -0.273. The molecule has 0 aromatic heterocycles. The highest BCUT2D eigenvalue weighted by atomic mass is 16.1. The fourth-order valence-electron chi connectivity index (χ4n) is 2.44. The summed E-state index contributed by atoms with van der Waals surface area (Å²) in [5, 5.41) is 12.0. The van der Waals surface area contributed by atoms with E-state index in [0.29, 0.717) is 5.57 Å². The van der Waals surface area contributed by atoms with Crippen molar-refractivity contribution in [3.05, 3.63) is 41.0 Å². The molecule has 0 heterocycles. The van der Waals surface area contributed by atoms with Gasteiger partial charge in [0.1, 0.15) is 11.6 Å². The molecule has 0 unspecified atom stereocenters. The summed E-state index contributed by atoms with van der Waals surface area (Å²) in [4.78, 5) is 12.2. The molecule has 1 aromatic rings. The smallest absolute Gasteiger partial charge is 0.266 e. The van der Waals surface area contributed by atoms with Crippen molar-refractivity contribution in [3.63, 3.8) is 0 Å². The Morgan fingerprint density at radius 1 is 1.26 bits per heavy atom. The van der Waals surface area contributed by atoms with Crippen LogP contribution in [0.3, 0.4) is 0 Å². The second-order valence-corrected chi connectivity index (χ2v) is 4.97. The molecule has 2 rings (SSSR count). The minimum atomic E-state index is -0.273. The first-order valence-corrected chi connectivity index (χ1v) is 6.71. The lowest BCUT2D eigenvalue weighted by atomic mass is 9.91. The molecule has 19 heavy (non-hydrogen) atoms. The van der Waals surface area contributed by atoms with Crippen molar-refractivity contribution in [2.75, 3.05) is 5.32 Å². The summed E-state index contributed by atoms with van der Waals surface area (Å²) in [6.45, 7) is 1.97. The number of hydrogen-bond donors (Lipinski definition) is 1. The van der Waals surface area contributed by atoms with Gasteiger partial charge in [-0.2, -0.15) is 5.26 Å². The normalized spacial score (nSPS) is 14.6. The van der Waals surface area contributed by atoms with Crippen LogP contribution in [0.5, 0.6) is 0 Å². The summed E-state index contributed by atoms with van der Waals surface area (Å²) in [5.41, 5.74) is 3.15. The van der Waals surface area contributed by atoms with Crippen molar-refractivity contribution in [2.24, 2.45) is 0 Å². The van der Waals surface area contributed by atoms with Crippen LogP contribution in [0.25, 0.3) is 0 Å². The monoisotopic (exact) mass is 254 g/mol. The van der Waals surface area contributed by atoms with Crippen LogP contribution in [0.4, 0.5) is 5.69 Å². The molecule has 3 nitrogen and oxygen atoms in total. The molecule has 1 N–H and O–H groups in total. The van der Waals surface area contributed by atoms with Crippen molar-refractivity contribution in [3.8, 4) is 6.07 Å².